The predicted octanol–water partition coefficient (Wildman–Crippen LogP) is 2.51. The number of aryl methyl sites for hydroxylation is 1. The van der Waals surface area contributed by atoms with Crippen LogP contribution in [0.4, 0.5) is 5.69 Å². The number of hydrogen-bond donors (Lipinski definition) is 1. The molecule has 1 aromatic heterocycles. The summed E-state index contributed by atoms with van der Waals surface area (Å²) in [6.45, 7) is 7.33. The van der Waals surface area contributed by atoms with Gasteiger partial charge in [-0.05, 0) is 30.8 Å². The van der Waals surface area contributed by atoms with Crippen LogP contribution in [0.2, 0.25) is 0 Å². The van der Waals surface area contributed by atoms with Crippen molar-refractivity contribution in [2.45, 2.75) is 20.4 Å². The van der Waals surface area contributed by atoms with E-state index in [-0.39, 0.29) is 5.91 Å². The first-order chi connectivity index (χ1) is 10.1. The topological polar surface area (TPSA) is 50.2 Å². The van der Waals surface area contributed by atoms with Crippen molar-refractivity contribution in [3.63, 3.8) is 0 Å². The second-order valence-corrected chi connectivity index (χ2v) is 5.02. The second kappa shape index (κ2) is 7.04. The lowest BCUT2D eigenvalue weighted by molar-refractivity contribution is 0.102. The van der Waals surface area contributed by atoms with Crippen LogP contribution in [0.3, 0.4) is 0 Å². The summed E-state index contributed by atoms with van der Waals surface area (Å²) in [5.41, 5.74) is 2.61. The Morgan fingerprint density at radius 1 is 1.24 bits per heavy atom. The molecule has 2 rings (SSSR count). The Hall–Kier alpha value is -2.14. The van der Waals surface area contributed by atoms with Crippen LogP contribution in [0, 0.1) is 0 Å². The molecule has 0 atom stereocenters. The molecule has 0 aliphatic carbocycles. The zero-order chi connectivity index (χ0) is 15.2. The number of carbonyl (C=O) groups excluding carboxylic acids is 1. The van der Waals surface area contributed by atoms with Gasteiger partial charge in [0.25, 0.3) is 5.91 Å². The van der Waals surface area contributed by atoms with Gasteiger partial charge in [0.15, 0.2) is 0 Å². The first-order valence-electron chi connectivity index (χ1n) is 7.23. The van der Waals surface area contributed by atoms with Crippen molar-refractivity contribution >= 4 is 11.6 Å². The fraction of sp³-hybridized carbons (Fsp3) is 0.375. The molecule has 1 heterocycles. The summed E-state index contributed by atoms with van der Waals surface area (Å²) in [4.78, 5) is 14.4. The molecule has 0 saturated carbocycles. The summed E-state index contributed by atoms with van der Waals surface area (Å²) in [5, 5.41) is 6.87. The summed E-state index contributed by atoms with van der Waals surface area (Å²) in [6.07, 6.45) is 3.26. The van der Waals surface area contributed by atoms with Crippen molar-refractivity contribution in [2.24, 2.45) is 7.05 Å². The quantitative estimate of drug-likeness (QED) is 0.887. The van der Waals surface area contributed by atoms with Gasteiger partial charge in [-0.2, -0.15) is 5.10 Å². The molecule has 0 saturated heterocycles. The van der Waals surface area contributed by atoms with Gasteiger partial charge in [-0.3, -0.25) is 14.4 Å². The minimum Gasteiger partial charge on any atom is -0.322 e. The van der Waals surface area contributed by atoms with E-state index in [4.69, 9.17) is 0 Å². The molecule has 0 aliphatic rings. The minimum absolute atomic E-state index is 0.139. The van der Waals surface area contributed by atoms with E-state index in [9.17, 15) is 4.79 Å². The van der Waals surface area contributed by atoms with Gasteiger partial charge < -0.3 is 5.32 Å². The molecule has 0 radical (unpaired) electrons. The highest BCUT2D eigenvalue weighted by Gasteiger charge is 2.08. The molecule has 112 valence electrons. The Kier molecular flexibility index (Phi) is 5.11. The number of nitrogens with zero attached hydrogens (tertiary/aromatic N) is 3. The third-order valence-corrected chi connectivity index (χ3v) is 3.48. The first-order valence-corrected chi connectivity index (χ1v) is 7.23. The molecule has 1 N–H and O–H groups in total. The highest BCUT2D eigenvalue weighted by atomic mass is 16.1. The molecule has 21 heavy (non-hydrogen) atoms. The largest absolute Gasteiger partial charge is 0.322 e. The number of carbonyl (C=O) groups is 1. The number of anilines is 1. The van der Waals surface area contributed by atoms with Crippen LogP contribution in [-0.4, -0.2) is 33.7 Å². The van der Waals surface area contributed by atoms with Crippen molar-refractivity contribution < 1.29 is 4.79 Å². The predicted molar refractivity (Wildman–Crippen MR) is 84.2 cm³/mol. The third-order valence-electron chi connectivity index (χ3n) is 3.48. The zero-order valence-corrected chi connectivity index (χ0v) is 12.8. The molecule has 0 spiro atoms. The lowest BCUT2D eigenvalue weighted by Gasteiger charge is -2.18. The van der Waals surface area contributed by atoms with E-state index in [1.54, 1.807) is 24.1 Å². The number of aromatic nitrogens is 2. The first kappa shape index (κ1) is 15.3. The molecular weight excluding hydrogens is 264 g/mol. The highest BCUT2D eigenvalue weighted by molar-refractivity contribution is 6.03. The summed E-state index contributed by atoms with van der Waals surface area (Å²) in [5.74, 6) is -0.139. The summed E-state index contributed by atoms with van der Waals surface area (Å²) >= 11 is 0. The van der Waals surface area contributed by atoms with E-state index in [0.29, 0.717) is 5.56 Å². The number of nitrogens with one attached hydrogen (secondary N) is 1. The fourth-order valence-corrected chi connectivity index (χ4v) is 2.14. The molecule has 1 aromatic carbocycles. The smallest absolute Gasteiger partial charge is 0.258 e. The lowest BCUT2D eigenvalue weighted by Crippen LogP contribution is -2.22. The summed E-state index contributed by atoms with van der Waals surface area (Å²) in [6, 6.07) is 7.98. The van der Waals surface area contributed by atoms with Gasteiger partial charge in [-0.25, -0.2) is 0 Å². The van der Waals surface area contributed by atoms with Crippen molar-refractivity contribution in [2.75, 3.05) is 18.4 Å². The van der Waals surface area contributed by atoms with Crippen LogP contribution in [0.25, 0.3) is 0 Å². The number of rotatable bonds is 6. The zero-order valence-electron chi connectivity index (χ0n) is 12.8. The normalized spacial score (nSPS) is 10.9. The van der Waals surface area contributed by atoms with Gasteiger partial charge in [0.2, 0.25) is 0 Å². The van der Waals surface area contributed by atoms with Gasteiger partial charge in [0.05, 0.1) is 11.8 Å². The molecule has 5 nitrogen and oxygen atoms in total. The Morgan fingerprint density at radius 3 is 2.43 bits per heavy atom. The van der Waals surface area contributed by atoms with Crippen LogP contribution in [-0.2, 0) is 13.6 Å². The fourth-order valence-electron chi connectivity index (χ4n) is 2.14. The maximum atomic E-state index is 12.0. The Labute approximate surface area is 125 Å². The van der Waals surface area contributed by atoms with E-state index in [2.05, 4.69) is 41.3 Å². The summed E-state index contributed by atoms with van der Waals surface area (Å²) < 4.78 is 1.61. The lowest BCUT2D eigenvalue weighted by atomic mass is 10.2. The Morgan fingerprint density at radius 2 is 1.90 bits per heavy atom. The second-order valence-electron chi connectivity index (χ2n) is 5.02. The summed E-state index contributed by atoms with van der Waals surface area (Å²) in [7, 11) is 1.79. The van der Waals surface area contributed by atoms with Crippen LogP contribution in [0.1, 0.15) is 29.8 Å². The van der Waals surface area contributed by atoms with Crippen molar-refractivity contribution in [1.29, 1.82) is 0 Å². The average Bonchev–Trinajstić information content (AvgIpc) is 2.93. The molecular formula is C16H22N4O. The molecule has 0 aliphatic heterocycles. The van der Waals surface area contributed by atoms with E-state index in [0.717, 1.165) is 25.3 Å². The average molecular weight is 286 g/mol. The van der Waals surface area contributed by atoms with E-state index < -0.39 is 0 Å². The van der Waals surface area contributed by atoms with Crippen LogP contribution < -0.4 is 5.32 Å². The number of amides is 1. The molecule has 0 bridgehead atoms. The standard InChI is InChI=1S/C16H22N4O/c1-4-20(5-2)11-13-6-8-15(9-7-13)18-16(21)14-10-17-19(3)12-14/h6-10,12H,4-5,11H2,1-3H3,(H,18,21). The van der Waals surface area contributed by atoms with Gasteiger partial charge in [0, 0.05) is 25.5 Å². The van der Waals surface area contributed by atoms with Crippen molar-refractivity contribution in [3.8, 4) is 0 Å². The van der Waals surface area contributed by atoms with Crippen molar-refractivity contribution in [1.82, 2.24) is 14.7 Å². The Balaban J connectivity index is 1.97. The van der Waals surface area contributed by atoms with E-state index >= 15 is 0 Å². The molecule has 1 amide bonds. The minimum atomic E-state index is -0.139. The molecule has 0 unspecified atom stereocenters. The van der Waals surface area contributed by atoms with Crippen LogP contribution >= 0.6 is 0 Å². The monoisotopic (exact) mass is 286 g/mol. The van der Waals surface area contributed by atoms with Crippen molar-refractivity contribution in [3.05, 3.63) is 47.8 Å². The van der Waals surface area contributed by atoms with E-state index in [1.807, 2.05) is 12.1 Å². The van der Waals surface area contributed by atoms with E-state index in [1.165, 1.54) is 5.56 Å². The highest BCUT2D eigenvalue weighted by Crippen LogP contribution is 2.12. The van der Waals surface area contributed by atoms with Gasteiger partial charge in [-0.1, -0.05) is 26.0 Å². The SMILES string of the molecule is CCN(CC)Cc1ccc(NC(=O)c2cnn(C)c2)cc1. The van der Waals surface area contributed by atoms with Crippen LogP contribution in [0.15, 0.2) is 36.7 Å². The maximum absolute atomic E-state index is 12.0. The third kappa shape index (κ3) is 4.16. The molecule has 5 heteroatoms. The maximum Gasteiger partial charge on any atom is 0.258 e. The van der Waals surface area contributed by atoms with Gasteiger partial charge >= 0.3 is 0 Å². The van der Waals surface area contributed by atoms with Gasteiger partial charge in [0.1, 0.15) is 0 Å². The Bertz CT molecular complexity index is 585. The molecule has 0 fully saturated rings. The number of benzene rings is 1. The number of hydrogen-bond acceptors (Lipinski definition) is 3. The van der Waals surface area contributed by atoms with Gasteiger partial charge in [-0.15, -0.1) is 0 Å². The molecule has 2 aromatic rings. The van der Waals surface area contributed by atoms with Crippen LogP contribution in [0.5, 0.6) is 0 Å².